The number of pyridine rings is 1. The van der Waals surface area contributed by atoms with Crippen molar-refractivity contribution in [3.63, 3.8) is 0 Å². The van der Waals surface area contributed by atoms with E-state index >= 15 is 0 Å². The lowest BCUT2D eigenvalue weighted by Crippen LogP contribution is -2.03. The molecule has 0 spiro atoms. The molecule has 6 nitrogen and oxygen atoms in total. The molecule has 0 aliphatic carbocycles. The van der Waals surface area contributed by atoms with Crippen LogP contribution in [0.3, 0.4) is 0 Å². The average molecular weight is 393 g/mol. The van der Waals surface area contributed by atoms with E-state index in [-0.39, 0.29) is 5.56 Å². The predicted octanol–water partition coefficient (Wildman–Crippen LogP) is 4.16. The minimum Gasteiger partial charge on any atom is -0.497 e. The second-order valence-electron chi connectivity index (χ2n) is 6.46. The van der Waals surface area contributed by atoms with Gasteiger partial charge in [-0.15, -0.1) is 0 Å². The molecule has 29 heavy (non-hydrogen) atoms. The SMILES string of the molecule is COc1cc(COc2cccnc2CCc2ccc(C(=O)O)cc2)cc(OC)c1. The van der Waals surface area contributed by atoms with E-state index in [1.54, 1.807) is 32.5 Å². The van der Waals surface area contributed by atoms with Gasteiger partial charge in [-0.1, -0.05) is 12.1 Å². The molecule has 6 heteroatoms. The smallest absolute Gasteiger partial charge is 0.335 e. The zero-order chi connectivity index (χ0) is 20.6. The molecule has 150 valence electrons. The van der Waals surface area contributed by atoms with Gasteiger partial charge in [0.15, 0.2) is 0 Å². The van der Waals surface area contributed by atoms with Gasteiger partial charge in [-0.2, -0.15) is 0 Å². The largest absolute Gasteiger partial charge is 0.497 e. The fourth-order valence-electron chi connectivity index (χ4n) is 2.93. The Morgan fingerprint density at radius 1 is 0.931 bits per heavy atom. The molecule has 0 fully saturated rings. The summed E-state index contributed by atoms with van der Waals surface area (Å²) in [5, 5.41) is 9.00. The lowest BCUT2D eigenvalue weighted by Gasteiger charge is -2.12. The van der Waals surface area contributed by atoms with Crippen LogP contribution < -0.4 is 14.2 Å². The summed E-state index contributed by atoms with van der Waals surface area (Å²) in [6.07, 6.45) is 3.16. The van der Waals surface area contributed by atoms with Crippen LogP contribution in [0, 0.1) is 0 Å². The molecule has 1 heterocycles. The lowest BCUT2D eigenvalue weighted by atomic mass is 10.1. The summed E-state index contributed by atoms with van der Waals surface area (Å²) in [6, 6.07) is 16.2. The number of ether oxygens (including phenoxy) is 3. The molecule has 0 saturated heterocycles. The van der Waals surface area contributed by atoms with E-state index in [1.165, 1.54) is 0 Å². The number of hydrogen-bond donors (Lipinski definition) is 1. The van der Waals surface area contributed by atoms with Crippen LogP contribution in [0.1, 0.15) is 27.2 Å². The highest BCUT2D eigenvalue weighted by atomic mass is 16.5. The van der Waals surface area contributed by atoms with Crippen LogP contribution in [0.25, 0.3) is 0 Å². The molecule has 0 bridgehead atoms. The highest BCUT2D eigenvalue weighted by Crippen LogP contribution is 2.25. The lowest BCUT2D eigenvalue weighted by molar-refractivity contribution is 0.0697. The topological polar surface area (TPSA) is 77.9 Å². The van der Waals surface area contributed by atoms with Crippen molar-refractivity contribution in [2.75, 3.05) is 14.2 Å². The fraction of sp³-hybridized carbons (Fsp3) is 0.217. The van der Waals surface area contributed by atoms with Gasteiger partial charge in [-0.3, -0.25) is 4.98 Å². The number of nitrogens with zero attached hydrogens (tertiary/aromatic N) is 1. The van der Waals surface area contributed by atoms with E-state index in [9.17, 15) is 4.79 Å². The minimum atomic E-state index is -0.925. The fourth-order valence-corrected chi connectivity index (χ4v) is 2.93. The van der Waals surface area contributed by atoms with E-state index in [4.69, 9.17) is 19.3 Å². The van der Waals surface area contributed by atoms with Crippen molar-refractivity contribution in [3.8, 4) is 17.2 Å². The molecule has 0 aliphatic rings. The van der Waals surface area contributed by atoms with Gasteiger partial charge < -0.3 is 19.3 Å². The van der Waals surface area contributed by atoms with Gasteiger partial charge in [0, 0.05) is 12.3 Å². The Bertz CT molecular complexity index is 947. The number of hydrogen-bond acceptors (Lipinski definition) is 5. The maximum Gasteiger partial charge on any atom is 0.335 e. The van der Waals surface area contributed by atoms with Gasteiger partial charge in [0.25, 0.3) is 0 Å². The Morgan fingerprint density at radius 3 is 2.24 bits per heavy atom. The summed E-state index contributed by atoms with van der Waals surface area (Å²) in [6.45, 7) is 0.361. The van der Waals surface area contributed by atoms with E-state index in [1.807, 2.05) is 42.5 Å². The zero-order valence-electron chi connectivity index (χ0n) is 16.4. The molecule has 0 unspecified atom stereocenters. The molecule has 1 aromatic heterocycles. The summed E-state index contributed by atoms with van der Waals surface area (Å²) in [4.78, 5) is 15.4. The maximum atomic E-state index is 11.0. The van der Waals surface area contributed by atoms with Crippen LogP contribution in [-0.4, -0.2) is 30.3 Å². The summed E-state index contributed by atoms with van der Waals surface area (Å²) >= 11 is 0. The number of aromatic carboxylic acids is 1. The first-order chi connectivity index (χ1) is 14.1. The third-order valence-electron chi connectivity index (χ3n) is 4.51. The molecule has 0 amide bonds. The van der Waals surface area contributed by atoms with Crippen LogP contribution in [0.15, 0.2) is 60.8 Å². The molecule has 0 saturated carbocycles. The quantitative estimate of drug-likeness (QED) is 0.588. The van der Waals surface area contributed by atoms with E-state index in [0.717, 1.165) is 29.0 Å². The minimum absolute atomic E-state index is 0.282. The van der Waals surface area contributed by atoms with Crippen molar-refractivity contribution in [1.29, 1.82) is 0 Å². The molecule has 3 aromatic rings. The van der Waals surface area contributed by atoms with Crippen molar-refractivity contribution < 1.29 is 24.1 Å². The Kier molecular flexibility index (Phi) is 6.68. The van der Waals surface area contributed by atoms with Gasteiger partial charge in [0.2, 0.25) is 0 Å². The average Bonchev–Trinajstić information content (AvgIpc) is 2.76. The van der Waals surface area contributed by atoms with E-state index < -0.39 is 5.97 Å². The molecular weight excluding hydrogens is 370 g/mol. The zero-order valence-corrected chi connectivity index (χ0v) is 16.4. The second kappa shape index (κ2) is 9.59. The third-order valence-corrected chi connectivity index (χ3v) is 4.51. The number of aryl methyl sites for hydroxylation is 2. The summed E-state index contributed by atoms with van der Waals surface area (Å²) in [7, 11) is 3.23. The summed E-state index contributed by atoms with van der Waals surface area (Å²) in [5.41, 5.74) is 3.11. The number of aromatic nitrogens is 1. The molecule has 0 atom stereocenters. The first-order valence-electron chi connectivity index (χ1n) is 9.20. The van der Waals surface area contributed by atoms with Crippen LogP contribution in [0.2, 0.25) is 0 Å². The van der Waals surface area contributed by atoms with Crippen LogP contribution in [-0.2, 0) is 19.4 Å². The third kappa shape index (κ3) is 5.48. The molecular formula is C23H23NO5. The first kappa shape index (κ1) is 20.2. The number of rotatable bonds is 9. The van der Waals surface area contributed by atoms with Crippen molar-refractivity contribution in [2.45, 2.75) is 19.4 Å². The van der Waals surface area contributed by atoms with E-state index in [2.05, 4.69) is 4.98 Å². The monoisotopic (exact) mass is 393 g/mol. The Balaban J connectivity index is 1.67. The maximum absolute atomic E-state index is 11.0. The number of carboxylic acid groups (broad SMARTS) is 1. The number of benzene rings is 2. The van der Waals surface area contributed by atoms with Gasteiger partial charge in [0.1, 0.15) is 23.9 Å². The second-order valence-corrected chi connectivity index (χ2v) is 6.46. The number of methoxy groups -OCH3 is 2. The molecule has 1 N–H and O–H groups in total. The van der Waals surface area contributed by atoms with Crippen LogP contribution in [0.5, 0.6) is 17.2 Å². The standard InChI is InChI=1S/C23H23NO5/c1-27-19-12-17(13-20(14-19)28-2)15-29-22-4-3-11-24-21(22)10-7-16-5-8-18(9-6-16)23(25)26/h3-6,8-9,11-14H,7,10,15H2,1-2H3,(H,25,26). The van der Waals surface area contributed by atoms with Crippen molar-refractivity contribution >= 4 is 5.97 Å². The van der Waals surface area contributed by atoms with Crippen molar-refractivity contribution in [1.82, 2.24) is 4.98 Å². The Hall–Kier alpha value is -3.54. The summed E-state index contributed by atoms with van der Waals surface area (Å²) in [5.74, 6) is 1.21. The normalized spacial score (nSPS) is 10.4. The Morgan fingerprint density at radius 2 is 1.62 bits per heavy atom. The van der Waals surface area contributed by atoms with Crippen LogP contribution in [0.4, 0.5) is 0 Å². The highest BCUT2D eigenvalue weighted by molar-refractivity contribution is 5.87. The molecule has 0 radical (unpaired) electrons. The molecule has 3 rings (SSSR count). The number of carbonyl (C=O) groups is 1. The van der Waals surface area contributed by atoms with Crippen molar-refractivity contribution in [3.05, 3.63) is 83.2 Å². The van der Waals surface area contributed by atoms with Gasteiger partial charge in [-0.05, 0) is 60.4 Å². The van der Waals surface area contributed by atoms with E-state index in [0.29, 0.717) is 24.5 Å². The Labute approximate surface area is 169 Å². The molecule has 2 aromatic carbocycles. The first-order valence-corrected chi connectivity index (χ1v) is 9.20. The number of carboxylic acids is 1. The highest BCUT2D eigenvalue weighted by Gasteiger charge is 2.08. The van der Waals surface area contributed by atoms with Gasteiger partial charge in [0.05, 0.1) is 25.5 Å². The van der Waals surface area contributed by atoms with Crippen LogP contribution >= 0.6 is 0 Å². The molecule has 0 aliphatic heterocycles. The van der Waals surface area contributed by atoms with Gasteiger partial charge >= 0.3 is 5.97 Å². The summed E-state index contributed by atoms with van der Waals surface area (Å²) < 4.78 is 16.6. The van der Waals surface area contributed by atoms with Crippen molar-refractivity contribution in [2.24, 2.45) is 0 Å². The predicted molar refractivity (Wildman–Crippen MR) is 109 cm³/mol. The van der Waals surface area contributed by atoms with Gasteiger partial charge in [-0.25, -0.2) is 4.79 Å².